The van der Waals surface area contributed by atoms with Crippen LogP contribution in [0.4, 0.5) is 11.4 Å². The van der Waals surface area contributed by atoms with Crippen LogP contribution in [0, 0.1) is 0 Å². The number of benzene rings is 2. The summed E-state index contributed by atoms with van der Waals surface area (Å²) < 4.78 is 10.9. The highest BCUT2D eigenvalue weighted by Gasteiger charge is 2.45. The van der Waals surface area contributed by atoms with Crippen LogP contribution in [0.1, 0.15) is 12.5 Å². The number of carboxylic acid groups (broad SMARTS) is 1. The predicted molar refractivity (Wildman–Crippen MR) is 125 cm³/mol. The molecule has 2 aromatic carbocycles. The first-order chi connectivity index (χ1) is 15.3. The molecule has 2 heterocycles. The van der Waals surface area contributed by atoms with Gasteiger partial charge in [0.25, 0.3) is 11.8 Å². The number of thiocarbonyl (C=S) groups is 1. The van der Waals surface area contributed by atoms with E-state index in [0.29, 0.717) is 28.4 Å². The highest BCUT2D eigenvalue weighted by molar-refractivity contribution is 8.27. The van der Waals surface area contributed by atoms with Crippen LogP contribution in [-0.2, 0) is 14.4 Å². The van der Waals surface area contributed by atoms with Crippen LogP contribution in [0.15, 0.2) is 47.4 Å². The minimum atomic E-state index is -1.15. The van der Waals surface area contributed by atoms with Crippen molar-refractivity contribution in [1.29, 1.82) is 0 Å². The second kappa shape index (κ2) is 8.29. The molecule has 2 aliphatic heterocycles. The summed E-state index contributed by atoms with van der Waals surface area (Å²) in [5.41, 5.74) is 1.45. The first kappa shape index (κ1) is 21.8. The van der Waals surface area contributed by atoms with Gasteiger partial charge in [-0.3, -0.25) is 19.4 Å². The standard InChI is InChI=1S/C22H18N2O6S2/c1-11(21(27)28)23-14-7-5-4-6-13(14)17(19(23)25)18-20(26)24(22(31)32-18)15-10-12(29-2)8-9-16(15)30-3/h4-11H,1-3H3,(H,27,28)/b18-17-. The minimum Gasteiger partial charge on any atom is -0.497 e. The third-order valence-corrected chi connectivity index (χ3v) is 6.61. The lowest BCUT2D eigenvalue weighted by molar-refractivity contribution is -0.139. The Bertz CT molecular complexity index is 1210. The van der Waals surface area contributed by atoms with Crippen molar-refractivity contribution in [3.05, 3.63) is 52.9 Å². The SMILES string of the molecule is COc1ccc(OC)c(N2C(=O)/C(=C3/C(=O)N(C(C)C(=O)O)c4ccccc43)SC2=S)c1. The molecule has 1 saturated heterocycles. The number of hydrogen-bond donors (Lipinski definition) is 1. The van der Waals surface area contributed by atoms with E-state index in [2.05, 4.69) is 0 Å². The average molecular weight is 471 g/mol. The molecule has 1 atom stereocenters. The molecule has 4 rings (SSSR count). The van der Waals surface area contributed by atoms with E-state index in [0.717, 1.165) is 11.8 Å². The average Bonchev–Trinajstić information content (AvgIpc) is 3.24. The third kappa shape index (κ3) is 3.32. The lowest BCUT2D eigenvalue weighted by Gasteiger charge is -2.21. The van der Waals surface area contributed by atoms with Gasteiger partial charge in [0.05, 0.1) is 36.1 Å². The van der Waals surface area contributed by atoms with Crippen molar-refractivity contribution in [2.45, 2.75) is 13.0 Å². The molecule has 2 amide bonds. The molecule has 164 valence electrons. The van der Waals surface area contributed by atoms with Gasteiger partial charge in [0.1, 0.15) is 17.5 Å². The number of carbonyl (C=O) groups is 3. The Morgan fingerprint density at radius 2 is 1.78 bits per heavy atom. The van der Waals surface area contributed by atoms with Gasteiger partial charge >= 0.3 is 5.97 Å². The quantitative estimate of drug-likeness (QED) is 0.525. The first-order valence-electron chi connectivity index (χ1n) is 9.48. The summed E-state index contributed by atoms with van der Waals surface area (Å²) in [5, 5.41) is 9.49. The Hall–Kier alpha value is -3.37. The molecule has 32 heavy (non-hydrogen) atoms. The summed E-state index contributed by atoms with van der Waals surface area (Å²) in [6, 6.07) is 10.7. The van der Waals surface area contributed by atoms with Crippen molar-refractivity contribution in [1.82, 2.24) is 0 Å². The number of ether oxygens (including phenoxy) is 2. The van der Waals surface area contributed by atoms with Gasteiger partial charge in [-0.1, -0.05) is 42.2 Å². The van der Waals surface area contributed by atoms with Gasteiger partial charge in [-0.05, 0) is 25.1 Å². The van der Waals surface area contributed by atoms with E-state index in [9.17, 15) is 19.5 Å². The molecule has 1 fully saturated rings. The maximum absolute atomic E-state index is 13.5. The number of methoxy groups -OCH3 is 2. The van der Waals surface area contributed by atoms with Crippen LogP contribution >= 0.6 is 24.0 Å². The van der Waals surface area contributed by atoms with E-state index in [1.165, 1.54) is 30.9 Å². The molecule has 2 aromatic rings. The van der Waals surface area contributed by atoms with Crippen LogP contribution in [0.3, 0.4) is 0 Å². The summed E-state index contributed by atoms with van der Waals surface area (Å²) in [6.07, 6.45) is 0. The number of rotatable bonds is 5. The number of fused-ring (bicyclic) bond motifs is 1. The largest absolute Gasteiger partial charge is 0.497 e. The van der Waals surface area contributed by atoms with Crippen LogP contribution < -0.4 is 19.3 Å². The van der Waals surface area contributed by atoms with Crippen molar-refractivity contribution in [3.8, 4) is 11.5 Å². The van der Waals surface area contributed by atoms with Crippen molar-refractivity contribution >= 4 is 63.0 Å². The lowest BCUT2D eigenvalue weighted by Crippen LogP contribution is -2.41. The van der Waals surface area contributed by atoms with Gasteiger partial charge in [0.15, 0.2) is 4.32 Å². The van der Waals surface area contributed by atoms with Crippen molar-refractivity contribution < 1.29 is 29.0 Å². The zero-order valence-electron chi connectivity index (χ0n) is 17.3. The molecule has 0 spiro atoms. The van der Waals surface area contributed by atoms with Crippen LogP contribution in [0.25, 0.3) is 5.57 Å². The molecule has 0 radical (unpaired) electrons. The molecular weight excluding hydrogens is 452 g/mol. The summed E-state index contributed by atoms with van der Waals surface area (Å²) in [7, 11) is 2.98. The Kier molecular flexibility index (Phi) is 5.66. The Balaban J connectivity index is 1.86. The van der Waals surface area contributed by atoms with Crippen molar-refractivity contribution in [2.75, 3.05) is 24.0 Å². The molecule has 0 aliphatic carbocycles. The van der Waals surface area contributed by atoms with E-state index in [1.807, 2.05) is 0 Å². The number of thioether (sulfide) groups is 1. The fourth-order valence-corrected chi connectivity index (χ4v) is 5.01. The van der Waals surface area contributed by atoms with E-state index >= 15 is 0 Å². The van der Waals surface area contributed by atoms with E-state index in [-0.39, 0.29) is 14.8 Å². The second-order valence-corrected chi connectivity index (χ2v) is 8.60. The number of para-hydroxylation sites is 1. The molecule has 1 unspecified atom stereocenters. The van der Waals surface area contributed by atoms with E-state index in [1.54, 1.807) is 42.5 Å². The monoisotopic (exact) mass is 470 g/mol. The zero-order valence-corrected chi connectivity index (χ0v) is 19.0. The van der Waals surface area contributed by atoms with Gasteiger partial charge in [-0.25, -0.2) is 4.79 Å². The molecular formula is C22H18N2O6S2. The van der Waals surface area contributed by atoms with Gasteiger partial charge in [-0.2, -0.15) is 0 Å². The molecule has 0 bridgehead atoms. The van der Waals surface area contributed by atoms with Crippen molar-refractivity contribution in [2.24, 2.45) is 0 Å². The van der Waals surface area contributed by atoms with E-state index in [4.69, 9.17) is 21.7 Å². The van der Waals surface area contributed by atoms with Gasteiger partial charge in [0, 0.05) is 11.6 Å². The number of carbonyl (C=O) groups excluding carboxylic acids is 2. The molecule has 0 aromatic heterocycles. The summed E-state index contributed by atoms with van der Waals surface area (Å²) in [5.74, 6) is -1.28. The summed E-state index contributed by atoms with van der Waals surface area (Å²) >= 11 is 6.47. The number of aliphatic carboxylic acids is 1. The van der Waals surface area contributed by atoms with Crippen LogP contribution in [0.2, 0.25) is 0 Å². The molecule has 0 saturated carbocycles. The lowest BCUT2D eigenvalue weighted by atomic mass is 10.1. The van der Waals surface area contributed by atoms with Gasteiger partial charge in [-0.15, -0.1) is 0 Å². The van der Waals surface area contributed by atoms with Gasteiger partial charge in [0.2, 0.25) is 0 Å². The Labute approximate surface area is 193 Å². The topological polar surface area (TPSA) is 96.4 Å². The molecule has 8 nitrogen and oxygen atoms in total. The zero-order chi connectivity index (χ0) is 23.2. The summed E-state index contributed by atoms with van der Waals surface area (Å²) in [6.45, 7) is 1.42. The molecule has 2 aliphatic rings. The van der Waals surface area contributed by atoms with Crippen molar-refractivity contribution in [3.63, 3.8) is 0 Å². The number of amides is 2. The Morgan fingerprint density at radius 3 is 2.44 bits per heavy atom. The first-order valence-corrected chi connectivity index (χ1v) is 10.7. The third-order valence-electron chi connectivity index (χ3n) is 5.23. The fourth-order valence-electron chi connectivity index (χ4n) is 3.65. The van der Waals surface area contributed by atoms with Gasteiger partial charge < -0.3 is 14.6 Å². The van der Waals surface area contributed by atoms with E-state index < -0.39 is 23.8 Å². The maximum atomic E-state index is 13.5. The fraction of sp³-hybridized carbons (Fsp3) is 0.182. The highest BCUT2D eigenvalue weighted by Crippen LogP contribution is 2.47. The predicted octanol–water partition coefficient (Wildman–Crippen LogP) is 3.30. The maximum Gasteiger partial charge on any atom is 0.326 e. The molecule has 1 N–H and O–H groups in total. The minimum absolute atomic E-state index is 0.135. The second-order valence-electron chi connectivity index (χ2n) is 6.96. The molecule has 10 heteroatoms. The normalized spacial score (nSPS) is 18.8. The van der Waals surface area contributed by atoms with Crippen LogP contribution in [0.5, 0.6) is 11.5 Å². The smallest absolute Gasteiger partial charge is 0.326 e. The summed E-state index contributed by atoms with van der Waals surface area (Å²) in [4.78, 5) is 41.1. The number of hydrogen-bond acceptors (Lipinski definition) is 7. The number of carboxylic acids is 1. The van der Waals surface area contributed by atoms with Crippen LogP contribution in [-0.4, -0.2) is 47.5 Å². The highest BCUT2D eigenvalue weighted by atomic mass is 32.2. The number of anilines is 2. The number of nitrogens with zero attached hydrogens (tertiary/aromatic N) is 2. The Morgan fingerprint density at radius 1 is 1.06 bits per heavy atom.